The van der Waals surface area contributed by atoms with E-state index in [0.717, 1.165) is 12.1 Å². The molecular formula is C10H13FN2O3. The molecule has 1 aromatic rings. The summed E-state index contributed by atoms with van der Waals surface area (Å²) in [6, 6.07) is 5.01. The number of carboxylic acid groups (broad SMARTS) is 1. The van der Waals surface area contributed by atoms with Crippen LogP contribution >= 0.6 is 0 Å². The number of halogens is 1. The zero-order valence-corrected chi connectivity index (χ0v) is 8.43. The predicted octanol–water partition coefficient (Wildman–Crippen LogP) is -0.0525. The molecule has 6 heteroatoms. The maximum atomic E-state index is 12.6. The molecular weight excluding hydrogens is 215 g/mol. The van der Waals surface area contributed by atoms with Crippen LogP contribution in [0.4, 0.5) is 4.39 Å². The minimum absolute atomic E-state index is 0.353. The van der Waals surface area contributed by atoms with Crippen molar-refractivity contribution in [3.8, 4) is 0 Å². The fraction of sp³-hybridized carbons (Fsp3) is 0.300. The van der Waals surface area contributed by atoms with Gasteiger partial charge in [-0.1, -0.05) is 12.1 Å². The highest BCUT2D eigenvalue weighted by molar-refractivity contribution is 5.77. The molecule has 16 heavy (non-hydrogen) atoms. The minimum Gasteiger partial charge on any atom is -0.479 e. The first-order valence-corrected chi connectivity index (χ1v) is 4.57. The fourth-order valence-electron chi connectivity index (χ4n) is 1.21. The Morgan fingerprint density at radius 1 is 1.38 bits per heavy atom. The van der Waals surface area contributed by atoms with Crippen LogP contribution in [0.5, 0.6) is 0 Å². The van der Waals surface area contributed by atoms with Crippen molar-refractivity contribution in [2.24, 2.45) is 11.5 Å². The topological polar surface area (TPSA) is 110 Å². The van der Waals surface area contributed by atoms with Crippen LogP contribution < -0.4 is 11.5 Å². The molecule has 1 rings (SSSR count). The molecule has 6 N–H and O–H groups in total. The van der Waals surface area contributed by atoms with Crippen LogP contribution in [-0.2, 0) is 4.79 Å². The van der Waals surface area contributed by atoms with Gasteiger partial charge < -0.3 is 21.7 Å². The Labute approximate surface area is 91.5 Å². The molecule has 1 atom stereocenters. The Kier molecular flexibility index (Phi) is 3.58. The summed E-state index contributed by atoms with van der Waals surface area (Å²) in [5.41, 5.74) is 8.90. The molecule has 0 aliphatic rings. The van der Waals surface area contributed by atoms with Crippen LogP contribution in [0, 0.1) is 5.82 Å². The van der Waals surface area contributed by atoms with Crippen LogP contribution in [0.15, 0.2) is 24.3 Å². The molecule has 0 radical (unpaired) electrons. The van der Waals surface area contributed by atoms with E-state index in [1.165, 1.54) is 12.1 Å². The van der Waals surface area contributed by atoms with E-state index >= 15 is 0 Å². The van der Waals surface area contributed by atoms with Crippen LogP contribution in [0.3, 0.4) is 0 Å². The molecule has 0 aromatic heterocycles. The van der Waals surface area contributed by atoms with E-state index in [1.807, 2.05) is 0 Å². The smallest absolute Gasteiger partial charge is 0.338 e. The highest BCUT2D eigenvalue weighted by Crippen LogP contribution is 2.20. The van der Waals surface area contributed by atoms with Gasteiger partial charge in [-0.25, -0.2) is 9.18 Å². The molecule has 0 saturated heterocycles. The maximum absolute atomic E-state index is 12.6. The standard InChI is InChI=1S/C10H13FN2O3/c11-7-3-1-6(2-4-7)8(14)5-10(12,13)9(15)16/h1-4,8,14H,5,12-13H2,(H,15,16). The van der Waals surface area contributed by atoms with Crippen molar-refractivity contribution in [1.82, 2.24) is 0 Å². The Bertz CT molecular complexity index is 378. The van der Waals surface area contributed by atoms with Crippen LogP contribution in [0.25, 0.3) is 0 Å². The summed E-state index contributed by atoms with van der Waals surface area (Å²) in [6.07, 6.45) is -1.50. The zero-order chi connectivity index (χ0) is 12.3. The summed E-state index contributed by atoms with van der Waals surface area (Å²) in [6.45, 7) is 0. The van der Waals surface area contributed by atoms with E-state index in [2.05, 4.69) is 0 Å². The predicted molar refractivity (Wildman–Crippen MR) is 54.7 cm³/mol. The van der Waals surface area contributed by atoms with Gasteiger partial charge in [0.1, 0.15) is 5.82 Å². The average molecular weight is 228 g/mol. The number of carbonyl (C=O) groups is 1. The number of hydrogen-bond donors (Lipinski definition) is 4. The summed E-state index contributed by atoms with van der Waals surface area (Å²) in [5, 5.41) is 18.3. The summed E-state index contributed by atoms with van der Waals surface area (Å²) in [4.78, 5) is 10.6. The molecule has 0 heterocycles. The lowest BCUT2D eigenvalue weighted by Crippen LogP contribution is -2.57. The summed E-state index contributed by atoms with van der Waals surface area (Å²) < 4.78 is 12.6. The molecule has 0 bridgehead atoms. The van der Waals surface area contributed by atoms with Gasteiger partial charge in [0.15, 0.2) is 5.66 Å². The Hall–Kier alpha value is -1.50. The number of benzene rings is 1. The second kappa shape index (κ2) is 4.56. The lowest BCUT2D eigenvalue weighted by Gasteiger charge is -2.22. The number of aliphatic hydroxyl groups excluding tert-OH is 1. The molecule has 0 amide bonds. The Morgan fingerprint density at radius 3 is 2.31 bits per heavy atom. The third kappa shape index (κ3) is 2.99. The Balaban J connectivity index is 2.76. The highest BCUT2D eigenvalue weighted by atomic mass is 19.1. The van der Waals surface area contributed by atoms with Crippen LogP contribution in [0.2, 0.25) is 0 Å². The normalized spacial score (nSPS) is 13.5. The number of carboxylic acids is 1. The first-order valence-electron chi connectivity index (χ1n) is 4.57. The van der Waals surface area contributed by atoms with Gasteiger partial charge >= 0.3 is 5.97 Å². The molecule has 88 valence electrons. The molecule has 0 spiro atoms. The molecule has 1 unspecified atom stereocenters. The van der Waals surface area contributed by atoms with E-state index < -0.39 is 23.6 Å². The van der Waals surface area contributed by atoms with Crippen LogP contribution in [0.1, 0.15) is 18.1 Å². The van der Waals surface area contributed by atoms with Gasteiger partial charge in [0.25, 0.3) is 0 Å². The van der Waals surface area contributed by atoms with Crippen molar-refractivity contribution in [1.29, 1.82) is 0 Å². The first-order chi connectivity index (χ1) is 7.33. The first kappa shape index (κ1) is 12.6. The quantitative estimate of drug-likeness (QED) is 0.540. The van der Waals surface area contributed by atoms with Crippen molar-refractivity contribution in [3.05, 3.63) is 35.6 Å². The van der Waals surface area contributed by atoms with Gasteiger partial charge in [-0.15, -0.1) is 0 Å². The second-order valence-electron chi connectivity index (χ2n) is 3.62. The lowest BCUT2D eigenvalue weighted by atomic mass is 9.98. The molecule has 0 saturated carbocycles. The molecule has 0 aliphatic carbocycles. The number of hydrogen-bond acceptors (Lipinski definition) is 4. The molecule has 1 aromatic carbocycles. The van der Waals surface area contributed by atoms with Crippen molar-refractivity contribution in [2.45, 2.75) is 18.2 Å². The highest BCUT2D eigenvalue weighted by Gasteiger charge is 2.32. The van der Waals surface area contributed by atoms with Crippen molar-refractivity contribution in [3.63, 3.8) is 0 Å². The third-order valence-electron chi connectivity index (χ3n) is 2.18. The molecule has 0 aliphatic heterocycles. The largest absolute Gasteiger partial charge is 0.479 e. The summed E-state index contributed by atoms with van der Waals surface area (Å²) in [7, 11) is 0. The second-order valence-corrected chi connectivity index (χ2v) is 3.62. The maximum Gasteiger partial charge on any atom is 0.338 e. The number of aliphatic hydroxyl groups is 1. The van der Waals surface area contributed by atoms with Gasteiger partial charge in [0.2, 0.25) is 0 Å². The molecule has 0 fully saturated rings. The number of rotatable bonds is 4. The number of aliphatic carboxylic acids is 1. The van der Waals surface area contributed by atoms with E-state index in [1.54, 1.807) is 0 Å². The van der Waals surface area contributed by atoms with E-state index in [-0.39, 0.29) is 6.42 Å². The fourth-order valence-corrected chi connectivity index (χ4v) is 1.21. The zero-order valence-electron chi connectivity index (χ0n) is 8.43. The van der Waals surface area contributed by atoms with E-state index in [9.17, 15) is 14.3 Å². The van der Waals surface area contributed by atoms with Gasteiger partial charge in [-0.2, -0.15) is 0 Å². The van der Waals surface area contributed by atoms with E-state index in [4.69, 9.17) is 16.6 Å². The lowest BCUT2D eigenvalue weighted by molar-refractivity contribution is -0.144. The number of nitrogens with two attached hydrogens (primary N) is 2. The molecule has 5 nitrogen and oxygen atoms in total. The monoisotopic (exact) mass is 228 g/mol. The van der Waals surface area contributed by atoms with Crippen molar-refractivity contribution >= 4 is 5.97 Å². The van der Waals surface area contributed by atoms with Gasteiger partial charge in [-0.05, 0) is 17.7 Å². The van der Waals surface area contributed by atoms with Crippen LogP contribution in [-0.4, -0.2) is 21.8 Å². The Morgan fingerprint density at radius 2 is 1.88 bits per heavy atom. The van der Waals surface area contributed by atoms with Crippen molar-refractivity contribution < 1.29 is 19.4 Å². The SMILES string of the molecule is NC(N)(CC(O)c1ccc(F)cc1)C(=O)O. The van der Waals surface area contributed by atoms with E-state index in [0.29, 0.717) is 5.56 Å². The summed E-state index contributed by atoms with van der Waals surface area (Å²) >= 11 is 0. The minimum atomic E-state index is -2.01. The van der Waals surface area contributed by atoms with Gasteiger partial charge in [0.05, 0.1) is 6.10 Å². The van der Waals surface area contributed by atoms with Crippen molar-refractivity contribution in [2.75, 3.05) is 0 Å². The third-order valence-corrected chi connectivity index (χ3v) is 2.18. The average Bonchev–Trinajstić information content (AvgIpc) is 2.17. The van der Waals surface area contributed by atoms with Gasteiger partial charge in [-0.3, -0.25) is 0 Å². The van der Waals surface area contributed by atoms with Gasteiger partial charge in [0, 0.05) is 6.42 Å². The summed E-state index contributed by atoms with van der Waals surface area (Å²) in [5.74, 6) is -1.85.